The molecule has 0 aliphatic heterocycles. The number of hydrogen-bond acceptors (Lipinski definition) is 2. The first-order valence-electron chi connectivity index (χ1n) is 5.06. The van der Waals surface area contributed by atoms with Crippen molar-refractivity contribution in [3.05, 3.63) is 54.1 Å². The minimum atomic E-state index is 0.0736. The maximum atomic E-state index is 12.2. The average molecular weight is 374 g/mol. The second-order valence-corrected chi connectivity index (χ2v) is 7.08. The van der Waals surface area contributed by atoms with Gasteiger partial charge in [-0.15, -0.1) is 11.3 Å². The lowest BCUT2D eigenvalue weighted by atomic mass is 10.1. The minimum Gasteiger partial charge on any atom is -0.288 e. The molecule has 0 N–H and O–H groups in total. The number of rotatable bonds is 2. The number of aryl methyl sites for hydroxylation is 2. The Morgan fingerprint density at radius 1 is 1.12 bits per heavy atom. The van der Waals surface area contributed by atoms with Crippen LogP contribution < -0.4 is 0 Å². The van der Waals surface area contributed by atoms with E-state index < -0.39 is 0 Å². The Bertz CT molecular complexity index is 568. The molecule has 0 radical (unpaired) electrons. The summed E-state index contributed by atoms with van der Waals surface area (Å²) in [5.41, 5.74) is 2.95. The van der Waals surface area contributed by atoms with Gasteiger partial charge < -0.3 is 0 Å². The molecule has 0 bridgehead atoms. The van der Waals surface area contributed by atoms with E-state index in [-0.39, 0.29) is 5.78 Å². The molecule has 2 aromatic rings. The van der Waals surface area contributed by atoms with Crippen LogP contribution in [0.4, 0.5) is 0 Å². The van der Waals surface area contributed by atoms with E-state index in [1.54, 1.807) is 0 Å². The largest absolute Gasteiger partial charge is 0.288 e. The first-order valence-corrected chi connectivity index (χ1v) is 7.46. The summed E-state index contributed by atoms with van der Waals surface area (Å²) in [6.07, 6.45) is 0. The third-order valence-corrected chi connectivity index (χ3v) is 5.50. The molecule has 0 fully saturated rings. The van der Waals surface area contributed by atoms with Crippen molar-refractivity contribution in [3.63, 3.8) is 0 Å². The highest BCUT2D eigenvalue weighted by molar-refractivity contribution is 9.11. The molecule has 1 aromatic carbocycles. The Hall–Kier alpha value is -0.450. The van der Waals surface area contributed by atoms with E-state index >= 15 is 0 Å². The van der Waals surface area contributed by atoms with Crippen LogP contribution in [0.1, 0.15) is 26.4 Å². The Morgan fingerprint density at radius 2 is 1.82 bits per heavy atom. The van der Waals surface area contributed by atoms with E-state index in [9.17, 15) is 4.79 Å². The summed E-state index contributed by atoms with van der Waals surface area (Å²) in [5.74, 6) is 0.0736. The Kier molecular flexibility index (Phi) is 3.85. The van der Waals surface area contributed by atoms with Crippen LogP contribution in [-0.4, -0.2) is 5.78 Å². The fourth-order valence-electron chi connectivity index (χ4n) is 1.45. The van der Waals surface area contributed by atoms with Gasteiger partial charge in [0.15, 0.2) is 0 Å². The van der Waals surface area contributed by atoms with Crippen molar-refractivity contribution >= 4 is 49.0 Å². The lowest BCUT2D eigenvalue weighted by Crippen LogP contribution is -1.98. The number of benzene rings is 1. The Morgan fingerprint density at radius 3 is 2.35 bits per heavy atom. The van der Waals surface area contributed by atoms with Crippen molar-refractivity contribution < 1.29 is 4.79 Å². The van der Waals surface area contributed by atoms with Gasteiger partial charge in [0.25, 0.3) is 0 Å². The van der Waals surface area contributed by atoms with Crippen LogP contribution in [0.25, 0.3) is 0 Å². The van der Waals surface area contributed by atoms with Crippen LogP contribution in [-0.2, 0) is 0 Å². The second kappa shape index (κ2) is 5.04. The van der Waals surface area contributed by atoms with Crippen LogP contribution >= 0.6 is 43.2 Å². The van der Waals surface area contributed by atoms with Crippen molar-refractivity contribution in [1.29, 1.82) is 0 Å². The lowest BCUT2D eigenvalue weighted by molar-refractivity contribution is 0.104. The lowest BCUT2D eigenvalue weighted by Gasteiger charge is -2.01. The predicted octanol–water partition coefficient (Wildman–Crippen LogP) is 5.12. The summed E-state index contributed by atoms with van der Waals surface area (Å²) in [6, 6.07) is 7.61. The Balaban J connectivity index is 2.40. The first kappa shape index (κ1) is 13.0. The molecule has 0 amide bonds. The molecule has 0 aliphatic carbocycles. The molecule has 0 spiro atoms. The number of halogens is 2. The molecule has 0 saturated heterocycles. The smallest absolute Gasteiger partial charge is 0.203 e. The average Bonchev–Trinajstić information content (AvgIpc) is 2.62. The van der Waals surface area contributed by atoms with Crippen LogP contribution in [0.3, 0.4) is 0 Å². The highest BCUT2D eigenvalue weighted by Gasteiger charge is 2.14. The SMILES string of the molecule is Cc1ccc(C(=O)c2cc(C)c(Br)s2)cc1Br. The summed E-state index contributed by atoms with van der Waals surface area (Å²) < 4.78 is 1.99. The van der Waals surface area contributed by atoms with Crippen molar-refractivity contribution in [2.45, 2.75) is 13.8 Å². The fraction of sp³-hybridized carbons (Fsp3) is 0.154. The highest BCUT2D eigenvalue weighted by Crippen LogP contribution is 2.29. The van der Waals surface area contributed by atoms with Gasteiger partial charge in [-0.1, -0.05) is 28.1 Å². The number of hydrogen-bond donors (Lipinski definition) is 0. The van der Waals surface area contributed by atoms with Gasteiger partial charge in [-0.2, -0.15) is 0 Å². The van der Waals surface area contributed by atoms with Crippen LogP contribution in [0, 0.1) is 13.8 Å². The van der Waals surface area contributed by atoms with Gasteiger partial charge in [0.05, 0.1) is 8.66 Å². The molecule has 88 valence electrons. The summed E-state index contributed by atoms with van der Waals surface area (Å²) in [4.78, 5) is 13.0. The maximum absolute atomic E-state index is 12.2. The molecule has 1 nitrogen and oxygen atoms in total. The van der Waals surface area contributed by atoms with E-state index in [1.807, 2.05) is 38.1 Å². The van der Waals surface area contributed by atoms with Crippen LogP contribution in [0.2, 0.25) is 0 Å². The normalized spacial score (nSPS) is 10.6. The zero-order valence-corrected chi connectivity index (χ0v) is 13.4. The van der Waals surface area contributed by atoms with Gasteiger partial charge in [0, 0.05) is 10.0 Å². The number of carbonyl (C=O) groups excluding carboxylic acids is 1. The summed E-state index contributed by atoms with van der Waals surface area (Å²) in [5, 5.41) is 0. The zero-order chi connectivity index (χ0) is 12.6. The van der Waals surface area contributed by atoms with Gasteiger partial charge in [0.2, 0.25) is 5.78 Å². The quantitative estimate of drug-likeness (QED) is 0.667. The van der Waals surface area contributed by atoms with Gasteiger partial charge >= 0.3 is 0 Å². The molecular weight excluding hydrogens is 364 g/mol. The topological polar surface area (TPSA) is 17.1 Å². The molecule has 17 heavy (non-hydrogen) atoms. The molecule has 2 rings (SSSR count). The van der Waals surface area contributed by atoms with Crippen molar-refractivity contribution in [3.8, 4) is 0 Å². The third-order valence-electron chi connectivity index (χ3n) is 2.52. The minimum absolute atomic E-state index is 0.0736. The molecule has 0 unspecified atom stereocenters. The summed E-state index contributed by atoms with van der Waals surface area (Å²) >= 11 is 8.37. The van der Waals surface area contributed by atoms with E-state index in [4.69, 9.17) is 0 Å². The molecule has 4 heteroatoms. The molecule has 0 aliphatic rings. The predicted molar refractivity (Wildman–Crippen MR) is 79.1 cm³/mol. The molecule has 1 aromatic heterocycles. The van der Waals surface area contributed by atoms with Crippen LogP contribution in [0.15, 0.2) is 32.5 Å². The number of thiophene rings is 1. The molecule has 1 heterocycles. The van der Waals surface area contributed by atoms with E-state index in [0.29, 0.717) is 0 Å². The standard InChI is InChI=1S/C13H10Br2OS/c1-7-3-4-9(6-10(7)14)12(16)11-5-8(2)13(15)17-11/h3-6H,1-2H3. The van der Waals surface area contributed by atoms with E-state index in [2.05, 4.69) is 31.9 Å². The fourth-order valence-corrected chi connectivity index (χ4v) is 3.32. The maximum Gasteiger partial charge on any atom is 0.203 e. The summed E-state index contributed by atoms with van der Waals surface area (Å²) in [6.45, 7) is 3.99. The van der Waals surface area contributed by atoms with Gasteiger partial charge in [-0.05, 0) is 53.0 Å². The zero-order valence-electron chi connectivity index (χ0n) is 9.38. The van der Waals surface area contributed by atoms with Crippen molar-refractivity contribution in [1.82, 2.24) is 0 Å². The Labute approximate surface area is 121 Å². The van der Waals surface area contributed by atoms with E-state index in [0.717, 1.165) is 29.8 Å². The number of ketones is 1. The van der Waals surface area contributed by atoms with Crippen LogP contribution in [0.5, 0.6) is 0 Å². The van der Waals surface area contributed by atoms with Crippen molar-refractivity contribution in [2.24, 2.45) is 0 Å². The van der Waals surface area contributed by atoms with E-state index in [1.165, 1.54) is 11.3 Å². The summed E-state index contributed by atoms with van der Waals surface area (Å²) in [7, 11) is 0. The van der Waals surface area contributed by atoms with Crippen molar-refractivity contribution in [2.75, 3.05) is 0 Å². The highest BCUT2D eigenvalue weighted by atomic mass is 79.9. The van der Waals surface area contributed by atoms with Gasteiger partial charge in [-0.3, -0.25) is 4.79 Å². The molecule has 0 atom stereocenters. The third kappa shape index (κ3) is 2.69. The molecule has 0 saturated carbocycles. The molecular formula is C13H10Br2OS. The van der Waals surface area contributed by atoms with Gasteiger partial charge in [-0.25, -0.2) is 0 Å². The first-order chi connectivity index (χ1) is 7.99. The second-order valence-electron chi connectivity index (χ2n) is 3.86. The number of carbonyl (C=O) groups is 1. The monoisotopic (exact) mass is 372 g/mol. The van der Waals surface area contributed by atoms with Gasteiger partial charge in [0.1, 0.15) is 0 Å².